The number of nitrogens with one attached hydrogen (secondary N) is 1. The summed E-state index contributed by atoms with van der Waals surface area (Å²) in [7, 11) is 0. The number of ether oxygens (including phenoxy) is 1. The zero-order valence-corrected chi connectivity index (χ0v) is 16.1. The average molecular weight is 325 g/mol. The second-order valence-corrected chi connectivity index (χ2v) is 5.64. The lowest BCUT2D eigenvalue weighted by atomic mass is 10.1. The van der Waals surface area contributed by atoms with E-state index in [1.807, 2.05) is 58.9 Å². The number of benzene rings is 1. The van der Waals surface area contributed by atoms with Crippen LogP contribution in [-0.4, -0.2) is 29.3 Å². The van der Waals surface area contributed by atoms with Crippen LogP contribution in [0.15, 0.2) is 24.3 Å². The molecule has 134 valence electrons. The third kappa shape index (κ3) is 11.8. The van der Waals surface area contributed by atoms with Crippen LogP contribution >= 0.6 is 0 Å². The van der Waals surface area contributed by atoms with Crippen LogP contribution in [0.4, 0.5) is 0 Å². The van der Waals surface area contributed by atoms with Crippen molar-refractivity contribution in [3.05, 3.63) is 35.4 Å². The molecule has 1 aromatic carbocycles. The minimum Gasteiger partial charge on any atom is -0.459 e. The summed E-state index contributed by atoms with van der Waals surface area (Å²) in [6.07, 6.45) is 0. The fourth-order valence-corrected chi connectivity index (χ4v) is 1.54. The number of aryl methyl sites for hydroxylation is 1. The second-order valence-electron chi connectivity index (χ2n) is 5.64. The van der Waals surface area contributed by atoms with Crippen molar-refractivity contribution in [2.24, 2.45) is 0 Å². The first-order chi connectivity index (χ1) is 10.8. The van der Waals surface area contributed by atoms with E-state index in [0.29, 0.717) is 6.54 Å². The van der Waals surface area contributed by atoms with Gasteiger partial charge in [-0.3, -0.25) is 10.1 Å². The monoisotopic (exact) mass is 325 g/mol. The summed E-state index contributed by atoms with van der Waals surface area (Å²) < 4.78 is 5.24. The number of aliphatic hydroxyl groups is 1. The molecule has 0 spiro atoms. The second kappa shape index (κ2) is 13.1. The molecule has 0 aromatic heterocycles. The van der Waals surface area contributed by atoms with E-state index in [9.17, 15) is 9.90 Å². The highest BCUT2D eigenvalue weighted by Crippen LogP contribution is 2.09. The number of carbonyl (C=O) groups excluding carboxylic acids is 1. The Balaban J connectivity index is 0. The number of rotatable bonds is 5. The highest BCUT2D eigenvalue weighted by atomic mass is 16.6. The Morgan fingerprint density at radius 2 is 1.61 bits per heavy atom. The number of esters is 1. The van der Waals surface area contributed by atoms with Crippen LogP contribution in [0.25, 0.3) is 0 Å². The smallest absolute Gasteiger partial charge is 0.326 e. The standard InChI is InChI=1S/C15H23NO3.2C2H6/c1-11-5-7-12(8-6-11)9-16-13(10-17)14(18)19-15(2,3)4;2*1-2/h5-8,13,16-17H,9-10H2,1-4H3;2*1-2H3. The van der Waals surface area contributed by atoms with Gasteiger partial charge in [-0.25, -0.2) is 0 Å². The van der Waals surface area contributed by atoms with Crippen LogP contribution in [0.5, 0.6) is 0 Å². The van der Waals surface area contributed by atoms with Crippen molar-refractivity contribution in [2.75, 3.05) is 6.61 Å². The summed E-state index contributed by atoms with van der Waals surface area (Å²) in [6, 6.07) is 7.31. The Kier molecular flexibility index (Phi) is 13.6. The maximum absolute atomic E-state index is 11.8. The topological polar surface area (TPSA) is 58.6 Å². The van der Waals surface area contributed by atoms with Gasteiger partial charge in [0.05, 0.1) is 6.61 Å². The highest BCUT2D eigenvalue weighted by molar-refractivity contribution is 5.76. The Bertz CT molecular complexity index is 408. The molecule has 1 rings (SSSR count). The van der Waals surface area contributed by atoms with E-state index < -0.39 is 17.6 Å². The summed E-state index contributed by atoms with van der Waals surface area (Å²) in [6.45, 7) is 15.7. The van der Waals surface area contributed by atoms with E-state index in [1.54, 1.807) is 20.8 Å². The molecule has 0 aliphatic heterocycles. The zero-order chi connectivity index (χ0) is 18.5. The molecular weight excluding hydrogens is 290 g/mol. The van der Waals surface area contributed by atoms with E-state index in [0.717, 1.165) is 5.56 Å². The van der Waals surface area contributed by atoms with Crippen LogP contribution in [0.2, 0.25) is 0 Å². The minimum atomic E-state index is -0.694. The third-order valence-electron chi connectivity index (χ3n) is 2.55. The molecule has 0 aliphatic carbocycles. The Labute approximate surface area is 142 Å². The summed E-state index contributed by atoms with van der Waals surface area (Å²) >= 11 is 0. The molecule has 1 atom stereocenters. The van der Waals surface area contributed by atoms with Crippen LogP contribution in [-0.2, 0) is 16.1 Å². The lowest BCUT2D eigenvalue weighted by Gasteiger charge is -2.23. The highest BCUT2D eigenvalue weighted by Gasteiger charge is 2.24. The van der Waals surface area contributed by atoms with Gasteiger partial charge in [-0.15, -0.1) is 0 Å². The molecule has 0 aliphatic rings. The van der Waals surface area contributed by atoms with Crippen molar-refractivity contribution in [3.63, 3.8) is 0 Å². The molecule has 1 aromatic rings. The first-order valence-corrected chi connectivity index (χ1v) is 8.44. The molecule has 0 saturated carbocycles. The van der Waals surface area contributed by atoms with Gasteiger partial charge in [-0.1, -0.05) is 57.5 Å². The molecule has 4 heteroatoms. The molecule has 0 fully saturated rings. The summed E-state index contributed by atoms with van der Waals surface area (Å²) in [5, 5.41) is 12.3. The van der Waals surface area contributed by atoms with Crippen molar-refractivity contribution in [1.29, 1.82) is 0 Å². The predicted molar refractivity (Wildman–Crippen MR) is 97.4 cm³/mol. The predicted octanol–water partition coefficient (Wildman–Crippen LogP) is 3.84. The quantitative estimate of drug-likeness (QED) is 0.808. The van der Waals surface area contributed by atoms with E-state index >= 15 is 0 Å². The lowest BCUT2D eigenvalue weighted by molar-refractivity contribution is -0.158. The largest absolute Gasteiger partial charge is 0.459 e. The Morgan fingerprint density at radius 3 is 2.00 bits per heavy atom. The molecule has 2 N–H and O–H groups in total. The molecule has 4 nitrogen and oxygen atoms in total. The number of aliphatic hydroxyl groups excluding tert-OH is 1. The minimum absolute atomic E-state index is 0.277. The molecular formula is C19H35NO3. The van der Waals surface area contributed by atoms with Crippen LogP contribution in [0.3, 0.4) is 0 Å². The van der Waals surface area contributed by atoms with Crippen molar-refractivity contribution in [3.8, 4) is 0 Å². The van der Waals surface area contributed by atoms with E-state index in [-0.39, 0.29) is 6.61 Å². The van der Waals surface area contributed by atoms with Crippen molar-refractivity contribution in [2.45, 2.75) is 73.6 Å². The van der Waals surface area contributed by atoms with Gasteiger partial charge in [0.1, 0.15) is 11.6 Å². The van der Waals surface area contributed by atoms with Gasteiger partial charge >= 0.3 is 5.97 Å². The number of carbonyl (C=O) groups is 1. The molecule has 0 saturated heterocycles. The lowest BCUT2D eigenvalue weighted by Crippen LogP contribution is -2.43. The Hall–Kier alpha value is -1.39. The van der Waals surface area contributed by atoms with Gasteiger partial charge in [-0.05, 0) is 33.3 Å². The summed E-state index contributed by atoms with van der Waals surface area (Å²) in [5.41, 5.74) is 1.71. The van der Waals surface area contributed by atoms with Crippen LogP contribution in [0.1, 0.15) is 59.6 Å². The number of hydrogen-bond acceptors (Lipinski definition) is 4. The van der Waals surface area contributed by atoms with Gasteiger partial charge in [-0.2, -0.15) is 0 Å². The third-order valence-corrected chi connectivity index (χ3v) is 2.55. The van der Waals surface area contributed by atoms with E-state index in [4.69, 9.17) is 4.74 Å². The summed E-state index contributed by atoms with van der Waals surface area (Å²) in [5.74, 6) is -0.429. The fraction of sp³-hybridized carbons (Fsp3) is 0.632. The van der Waals surface area contributed by atoms with E-state index in [2.05, 4.69) is 5.32 Å². The van der Waals surface area contributed by atoms with Crippen molar-refractivity contribution >= 4 is 5.97 Å². The molecule has 0 radical (unpaired) electrons. The average Bonchev–Trinajstić information content (AvgIpc) is 2.52. The normalized spacial score (nSPS) is 11.3. The van der Waals surface area contributed by atoms with Crippen LogP contribution < -0.4 is 5.32 Å². The maximum Gasteiger partial charge on any atom is 0.326 e. The van der Waals surface area contributed by atoms with Crippen molar-refractivity contribution < 1.29 is 14.6 Å². The van der Waals surface area contributed by atoms with Crippen LogP contribution in [0, 0.1) is 6.92 Å². The molecule has 23 heavy (non-hydrogen) atoms. The number of hydrogen-bond donors (Lipinski definition) is 2. The van der Waals surface area contributed by atoms with Gasteiger partial charge < -0.3 is 9.84 Å². The van der Waals surface area contributed by atoms with Gasteiger partial charge in [0, 0.05) is 6.54 Å². The molecule has 1 unspecified atom stereocenters. The Morgan fingerprint density at radius 1 is 1.13 bits per heavy atom. The fourth-order valence-electron chi connectivity index (χ4n) is 1.54. The first-order valence-electron chi connectivity index (χ1n) is 8.44. The molecule has 0 bridgehead atoms. The SMILES string of the molecule is CC.CC.Cc1ccc(CNC(CO)C(=O)OC(C)(C)C)cc1. The van der Waals surface area contributed by atoms with Gasteiger partial charge in [0.2, 0.25) is 0 Å². The maximum atomic E-state index is 11.8. The first kappa shape index (κ1) is 23.9. The van der Waals surface area contributed by atoms with Crippen molar-refractivity contribution in [1.82, 2.24) is 5.32 Å². The van der Waals surface area contributed by atoms with E-state index in [1.165, 1.54) is 5.56 Å². The van der Waals surface area contributed by atoms with Gasteiger partial charge in [0.15, 0.2) is 0 Å². The zero-order valence-electron chi connectivity index (χ0n) is 16.1. The van der Waals surface area contributed by atoms with Gasteiger partial charge in [0.25, 0.3) is 0 Å². The summed E-state index contributed by atoms with van der Waals surface area (Å²) in [4.78, 5) is 11.8. The molecule has 0 amide bonds. The molecule has 0 heterocycles.